The lowest BCUT2D eigenvalue weighted by molar-refractivity contribution is 0.316. The maximum absolute atomic E-state index is 5.75. The molecule has 114 valence electrons. The first-order valence-corrected chi connectivity index (χ1v) is 8.17. The first-order valence-electron chi connectivity index (χ1n) is 8.17. The normalized spacial score (nSPS) is 14.0. The first-order chi connectivity index (χ1) is 9.71. The van der Waals surface area contributed by atoms with Crippen molar-refractivity contribution in [1.82, 2.24) is 5.32 Å². The van der Waals surface area contributed by atoms with Crippen LogP contribution >= 0.6 is 0 Å². The van der Waals surface area contributed by atoms with E-state index in [0.717, 1.165) is 31.2 Å². The molecule has 0 aromatic heterocycles. The summed E-state index contributed by atoms with van der Waals surface area (Å²) in [6.45, 7) is 10.8. The molecule has 1 aromatic rings. The second-order valence-corrected chi connectivity index (χ2v) is 5.68. The zero-order valence-corrected chi connectivity index (χ0v) is 13.6. The molecule has 0 spiro atoms. The Balaban J connectivity index is 2.77. The molecule has 0 saturated carbocycles. The van der Waals surface area contributed by atoms with E-state index in [-0.39, 0.29) is 0 Å². The highest BCUT2D eigenvalue weighted by molar-refractivity contribution is 5.30. The van der Waals surface area contributed by atoms with Crippen LogP contribution in [0.2, 0.25) is 0 Å². The molecular weight excluding hydrogens is 246 g/mol. The lowest BCUT2D eigenvalue weighted by Crippen LogP contribution is -2.24. The van der Waals surface area contributed by atoms with E-state index in [9.17, 15) is 0 Å². The summed E-state index contributed by atoms with van der Waals surface area (Å²) in [6, 6.07) is 9.02. The molecule has 0 aliphatic carbocycles. The molecule has 1 N–H and O–H groups in total. The number of hydrogen-bond donors (Lipinski definition) is 1. The van der Waals surface area contributed by atoms with E-state index in [1.807, 2.05) is 0 Å². The standard InChI is InChI=1S/C18H31NO/c1-5-11-19-18(13-15(4)7-3)16-9-8-10-17(14-16)20-12-6-2/h8-10,14-15,18-19H,5-7,11-13H2,1-4H3. The van der Waals surface area contributed by atoms with Gasteiger partial charge in [0.1, 0.15) is 5.75 Å². The monoisotopic (exact) mass is 277 g/mol. The summed E-state index contributed by atoms with van der Waals surface area (Å²) in [4.78, 5) is 0. The fourth-order valence-corrected chi connectivity index (χ4v) is 2.27. The van der Waals surface area contributed by atoms with Crippen LogP contribution in [-0.4, -0.2) is 13.2 Å². The molecule has 0 aliphatic rings. The van der Waals surface area contributed by atoms with Gasteiger partial charge in [0.25, 0.3) is 0 Å². The second-order valence-electron chi connectivity index (χ2n) is 5.68. The van der Waals surface area contributed by atoms with Crippen molar-refractivity contribution in [3.05, 3.63) is 29.8 Å². The van der Waals surface area contributed by atoms with Crippen LogP contribution in [0, 0.1) is 5.92 Å². The summed E-state index contributed by atoms with van der Waals surface area (Å²) in [6.07, 6.45) is 4.64. The van der Waals surface area contributed by atoms with Gasteiger partial charge in [-0.3, -0.25) is 0 Å². The summed E-state index contributed by atoms with van der Waals surface area (Å²) in [5.74, 6) is 1.74. The lowest BCUT2D eigenvalue weighted by atomic mass is 9.94. The average Bonchev–Trinajstić information content (AvgIpc) is 2.49. The molecule has 0 aliphatic heterocycles. The number of ether oxygens (including phenoxy) is 1. The predicted molar refractivity (Wildman–Crippen MR) is 87.3 cm³/mol. The summed E-state index contributed by atoms with van der Waals surface area (Å²) in [5, 5.41) is 3.68. The van der Waals surface area contributed by atoms with Gasteiger partial charge in [-0.2, -0.15) is 0 Å². The minimum atomic E-state index is 0.440. The minimum Gasteiger partial charge on any atom is -0.494 e. The topological polar surface area (TPSA) is 21.3 Å². The van der Waals surface area contributed by atoms with Crippen molar-refractivity contribution in [3.8, 4) is 5.75 Å². The molecular formula is C18H31NO. The van der Waals surface area contributed by atoms with E-state index >= 15 is 0 Å². The van der Waals surface area contributed by atoms with E-state index in [0.29, 0.717) is 6.04 Å². The molecule has 1 rings (SSSR count). The van der Waals surface area contributed by atoms with Crippen molar-refractivity contribution >= 4 is 0 Å². The van der Waals surface area contributed by atoms with E-state index in [2.05, 4.69) is 57.3 Å². The van der Waals surface area contributed by atoms with Gasteiger partial charge in [0.2, 0.25) is 0 Å². The first kappa shape index (κ1) is 17.0. The van der Waals surface area contributed by atoms with Crippen molar-refractivity contribution in [3.63, 3.8) is 0 Å². The highest BCUT2D eigenvalue weighted by atomic mass is 16.5. The predicted octanol–water partition coefficient (Wildman–Crippen LogP) is 4.95. The molecule has 0 saturated heterocycles. The average molecular weight is 277 g/mol. The summed E-state index contributed by atoms with van der Waals surface area (Å²) >= 11 is 0. The highest BCUT2D eigenvalue weighted by Gasteiger charge is 2.14. The Kier molecular flexibility index (Phi) is 8.36. The fraction of sp³-hybridized carbons (Fsp3) is 0.667. The van der Waals surface area contributed by atoms with E-state index in [1.54, 1.807) is 0 Å². The Hall–Kier alpha value is -1.02. The summed E-state index contributed by atoms with van der Waals surface area (Å²) in [7, 11) is 0. The van der Waals surface area contributed by atoms with Crippen LogP contribution < -0.4 is 10.1 Å². The van der Waals surface area contributed by atoms with Gasteiger partial charge in [0.15, 0.2) is 0 Å². The lowest BCUT2D eigenvalue weighted by Gasteiger charge is -2.22. The number of rotatable bonds is 10. The molecule has 2 heteroatoms. The molecule has 1 aromatic carbocycles. The van der Waals surface area contributed by atoms with Gasteiger partial charge in [-0.15, -0.1) is 0 Å². The van der Waals surface area contributed by atoms with E-state index < -0.39 is 0 Å². The highest BCUT2D eigenvalue weighted by Crippen LogP contribution is 2.26. The van der Waals surface area contributed by atoms with Crippen LogP contribution in [0.25, 0.3) is 0 Å². The molecule has 0 amide bonds. The number of benzene rings is 1. The summed E-state index contributed by atoms with van der Waals surface area (Å²) < 4.78 is 5.75. The van der Waals surface area contributed by atoms with E-state index in [1.165, 1.54) is 24.8 Å². The van der Waals surface area contributed by atoms with Gasteiger partial charge in [-0.25, -0.2) is 0 Å². The van der Waals surface area contributed by atoms with Gasteiger partial charge in [0.05, 0.1) is 6.61 Å². The van der Waals surface area contributed by atoms with Crippen LogP contribution in [-0.2, 0) is 0 Å². The van der Waals surface area contributed by atoms with Crippen LogP contribution in [0.1, 0.15) is 65.0 Å². The van der Waals surface area contributed by atoms with Crippen molar-refractivity contribution in [2.45, 2.75) is 59.4 Å². The molecule has 0 bridgehead atoms. The quantitative estimate of drug-likeness (QED) is 0.653. The number of hydrogen-bond acceptors (Lipinski definition) is 2. The van der Waals surface area contributed by atoms with Gasteiger partial charge in [-0.05, 0) is 49.4 Å². The minimum absolute atomic E-state index is 0.440. The molecule has 2 nitrogen and oxygen atoms in total. The second kappa shape index (κ2) is 9.82. The van der Waals surface area contributed by atoms with Crippen LogP contribution in [0.3, 0.4) is 0 Å². The fourth-order valence-electron chi connectivity index (χ4n) is 2.27. The maximum atomic E-state index is 5.75. The third-order valence-corrected chi connectivity index (χ3v) is 3.71. The Bertz CT molecular complexity index is 364. The SMILES string of the molecule is CCCNC(CC(C)CC)c1cccc(OCCC)c1. The molecule has 0 heterocycles. The zero-order valence-electron chi connectivity index (χ0n) is 13.6. The van der Waals surface area contributed by atoms with Crippen molar-refractivity contribution in [1.29, 1.82) is 0 Å². The maximum Gasteiger partial charge on any atom is 0.119 e. The third-order valence-electron chi connectivity index (χ3n) is 3.71. The van der Waals surface area contributed by atoms with Crippen molar-refractivity contribution in [2.75, 3.05) is 13.2 Å². The van der Waals surface area contributed by atoms with Crippen molar-refractivity contribution < 1.29 is 4.74 Å². The van der Waals surface area contributed by atoms with Crippen molar-refractivity contribution in [2.24, 2.45) is 5.92 Å². The van der Waals surface area contributed by atoms with Gasteiger partial charge in [0, 0.05) is 6.04 Å². The molecule has 0 radical (unpaired) electrons. The van der Waals surface area contributed by atoms with E-state index in [4.69, 9.17) is 4.74 Å². The Morgan fingerprint density at radius 1 is 1.15 bits per heavy atom. The summed E-state index contributed by atoms with van der Waals surface area (Å²) in [5.41, 5.74) is 1.35. The molecule has 2 unspecified atom stereocenters. The van der Waals surface area contributed by atoms with Gasteiger partial charge in [-0.1, -0.05) is 46.2 Å². The Labute approximate surface area is 124 Å². The van der Waals surface area contributed by atoms with Crippen LogP contribution in [0.15, 0.2) is 24.3 Å². The Morgan fingerprint density at radius 3 is 2.60 bits per heavy atom. The van der Waals surface area contributed by atoms with Gasteiger partial charge >= 0.3 is 0 Å². The number of nitrogens with one attached hydrogen (secondary N) is 1. The van der Waals surface area contributed by atoms with Crippen LogP contribution in [0.4, 0.5) is 0 Å². The molecule has 0 fully saturated rings. The molecule has 2 atom stereocenters. The molecule has 20 heavy (non-hydrogen) atoms. The van der Waals surface area contributed by atoms with Gasteiger partial charge < -0.3 is 10.1 Å². The zero-order chi connectivity index (χ0) is 14.8. The smallest absolute Gasteiger partial charge is 0.119 e. The Morgan fingerprint density at radius 2 is 1.95 bits per heavy atom. The van der Waals surface area contributed by atoms with Crippen LogP contribution in [0.5, 0.6) is 5.75 Å². The third kappa shape index (κ3) is 5.96. The largest absolute Gasteiger partial charge is 0.494 e.